The van der Waals surface area contributed by atoms with Crippen molar-refractivity contribution in [1.29, 1.82) is 0 Å². The third-order valence-corrected chi connectivity index (χ3v) is 0. The molecule has 0 saturated heterocycles. The van der Waals surface area contributed by atoms with Gasteiger partial charge in [0.15, 0.2) is 0 Å². The summed E-state index contributed by atoms with van der Waals surface area (Å²) in [4.78, 5) is 18.0. The minimum atomic E-state index is -0.833. The van der Waals surface area contributed by atoms with Crippen LogP contribution in [0, 0.1) is 0 Å². The van der Waals surface area contributed by atoms with Crippen LogP contribution in [0.1, 0.15) is 13.8 Å². The van der Waals surface area contributed by atoms with Gasteiger partial charge in [-0.1, -0.05) is 0 Å². The number of hydrogen-bond donors (Lipinski definition) is 2. The second-order valence-electron chi connectivity index (χ2n) is 1.04. The Balaban J connectivity index is -0.000000000430. The molecule has 102 valence electrons. The van der Waals surface area contributed by atoms with E-state index < -0.39 is 11.9 Å². The van der Waals surface area contributed by atoms with E-state index in [1.165, 1.54) is 0 Å². The molecule has 0 unspecified atom stereocenters. The summed E-state index contributed by atoms with van der Waals surface area (Å²) in [7, 11) is 0. The van der Waals surface area contributed by atoms with Gasteiger partial charge in [-0.3, -0.25) is 9.59 Å². The van der Waals surface area contributed by atoms with Crippen LogP contribution < -0.4 is 0 Å². The quantitative estimate of drug-likeness (QED) is 0.241. The molecule has 0 aromatic carbocycles. The van der Waals surface area contributed by atoms with Crippen molar-refractivity contribution in [2.45, 2.75) is 13.8 Å². The van der Waals surface area contributed by atoms with Gasteiger partial charge in [0.1, 0.15) is 0 Å². The van der Waals surface area contributed by atoms with E-state index in [9.17, 15) is 0 Å². The first-order chi connectivity index (χ1) is 3.46. The van der Waals surface area contributed by atoms with E-state index in [4.69, 9.17) is 19.8 Å². The zero-order valence-electron chi connectivity index (χ0n) is 4.71. The predicted molar refractivity (Wildman–Crippen MR) is 220 cm³/mol. The Hall–Kier alpha value is 25.9. The van der Waals surface area contributed by atoms with E-state index in [1.807, 2.05) is 0 Å². The van der Waals surface area contributed by atoms with E-state index >= 15 is 0 Å². The van der Waals surface area contributed by atoms with Crippen LogP contribution in [0.25, 0.3) is 0 Å². The van der Waals surface area contributed by atoms with Crippen molar-refractivity contribution in [3.8, 4) is 0 Å². The molecular formula is C4H35Na27O4. The Labute approximate surface area is 814 Å². The fourth-order valence-corrected chi connectivity index (χ4v) is 0. The summed E-state index contributed by atoms with van der Waals surface area (Å²) >= 11 is 0. The number of carboxylic acid groups (broad SMARTS) is 2. The summed E-state index contributed by atoms with van der Waals surface area (Å²) in [6, 6.07) is 0. The van der Waals surface area contributed by atoms with E-state index in [-0.39, 0.29) is 798 Å². The molecule has 0 aromatic heterocycles. The normalized spacial score (nSPS) is 1.43. The van der Waals surface area contributed by atoms with Crippen LogP contribution in [0.2, 0.25) is 0 Å². The Morgan fingerprint density at radius 1 is 0.257 bits per heavy atom. The summed E-state index contributed by atoms with van der Waals surface area (Å²) in [5.74, 6) is -1.67. The fourth-order valence-electron chi connectivity index (χ4n) is 0. The van der Waals surface area contributed by atoms with Gasteiger partial charge in [-0.2, -0.15) is 0 Å². The van der Waals surface area contributed by atoms with Crippen LogP contribution in [0.4, 0.5) is 0 Å². The second kappa shape index (κ2) is 204. The summed E-state index contributed by atoms with van der Waals surface area (Å²) in [6.45, 7) is 2.17. The molecule has 0 aromatic rings. The molecule has 35 heavy (non-hydrogen) atoms. The van der Waals surface area contributed by atoms with Crippen molar-refractivity contribution < 1.29 is 19.8 Å². The van der Waals surface area contributed by atoms with Gasteiger partial charge in [0.25, 0.3) is 11.9 Å². The Kier molecular flexibility index (Phi) is 1250. The van der Waals surface area contributed by atoms with Crippen molar-refractivity contribution in [3.05, 3.63) is 0 Å². The molecule has 4 nitrogen and oxygen atoms in total. The first-order valence-electron chi connectivity index (χ1n) is 1.86. The SMILES string of the molecule is CC(=O)O.CC(=O)O.[NaH].[NaH].[NaH].[NaH].[NaH].[NaH].[NaH].[NaH].[NaH].[NaH].[NaH].[NaH].[NaH].[NaH].[NaH].[NaH].[NaH].[NaH].[NaH].[NaH].[NaH].[NaH].[NaH].[NaH].[NaH].[NaH].[NaH]. The van der Waals surface area contributed by atoms with Gasteiger partial charge < -0.3 is 10.2 Å². The maximum atomic E-state index is 9.00. The average molecular weight is 768 g/mol. The van der Waals surface area contributed by atoms with Gasteiger partial charge in [0, 0.05) is 13.8 Å². The summed E-state index contributed by atoms with van der Waals surface area (Å²) in [6.07, 6.45) is 0. The third kappa shape index (κ3) is 299. The van der Waals surface area contributed by atoms with Gasteiger partial charge in [-0.15, -0.1) is 0 Å². The average Bonchev–Trinajstić information content (AvgIpc) is 1.25. The molecule has 0 bridgehead atoms. The molecule has 0 aliphatic rings. The molecule has 2 N–H and O–H groups in total. The Bertz CT molecular complexity index is 93.2. The standard InChI is InChI=1S/2C2H4O2.27Na.27H/c2*1-2(3)4;;;;;;;;;;;;;;;;;;;;;;;;;;;;;;;;;;;;;;;;;;;;;;;;;;;;;;/h2*1H3,(H,3,4);;;;;;;;;;;;;;;;;;;;;;;;;;;;;;;;;;;;;;;;;;;;;;;;;;;;;;. The van der Waals surface area contributed by atoms with Crippen molar-refractivity contribution in [2.24, 2.45) is 0 Å². The number of carboxylic acids is 2. The molecular weight excluding hydrogens is 733 g/mol. The van der Waals surface area contributed by atoms with Crippen molar-refractivity contribution in [2.75, 3.05) is 0 Å². The van der Waals surface area contributed by atoms with Crippen molar-refractivity contribution in [1.82, 2.24) is 0 Å². The number of aliphatic carboxylic acids is 2. The fraction of sp³-hybridized carbons (Fsp3) is 0.500. The van der Waals surface area contributed by atoms with Crippen LogP contribution in [-0.4, -0.2) is 820 Å². The van der Waals surface area contributed by atoms with Gasteiger partial charge in [0.2, 0.25) is 0 Å². The molecule has 0 rings (SSSR count). The van der Waals surface area contributed by atoms with Gasteiger partial charge >= 0.3 is 798 Å². The molecule has 0 spiro atoms. The van der Waals surface area contributed by atoms with Gasteiger partial charge in [-0.05, 0) is 0 Å². The zero-order chi connectivity index (χ0) is 7.15. The first kappa shape index (κ1) is 215. The van der Waals surface area contributed by atoms with Gasteiger partial charge in [0.05, 0.1) is 0 Å². The molecule has 0 aliphatic heterocycles. The van der Waals surface area contributed by atoms with E-state index in [2.05, 4.69) is 0 Å². The van der Waals surface area contributed by atoms with Crippen LogP contribution >= 0.6 is 0 Å². The number of rotatable bonds is 0. The topological polar surface area (TPSA) is 74.6 Å². The van der Waals surface area contributed by atoms with Gasteiger partial charge in [-0.25, -0.2) is 0 Å². The number of hydrogen-bond acceptors (Lipinski definition) is 2. The zero-order valence-corrected chi connectivity index (χ0v) is 4.71. The molecule has 0 atom stereocenters. The van der Waals surface area contributed by atoms with Crippen LogP contribution in [-0.2, 0) is 9.59 Å². The Morgan fingerprint density at radius 2 is 0.257 bits per heavy atom. The molecule has 0 aliphatic carbocycles. The predicted octanol–water partition coefficient (Wildman–Crippen LogP) is -17.3. The molecule has 0 saturated carbocycles. The summed E-state index contributed by atoms with van der Waals surface area (Å²) in [5.41, 5.74) is 0. The molecule has 0 radical (unpaired) electrons. The van der Waals surface area contributed by atoms with Crippen LogP contribution in [0.15, 0.2) is 0 Å². The van der Waals surface area contributed by atoms with Crippen molar-refractivity contribution >= 4 is 810 Å². The monoisotopic (exact) mass is 768 g/mol. The van der Waals surface area contributed by atoms with E-state index in [1.54, 1.807) is 0 Å². The van der Waals surface area contributed by atoms with E-state index in [0.717, 1.165) is 13.8 Å². The molecule has 0 amide bonds. The minimum absolute atomic E-state index is 0. The van der Waals surface area contributed by atoms with Crippen LogP contribution in [0.5, 0.6) is 0 Å². The molecule has 31 heteroatoms. The van der Waals surface area contributed by atoms with Crippen molar-refractivity contribution in [3.63, 3.8) is 0 Å². The molecule has 0 heterocycles. The second-order valence-corrected chi connectivity index (χ2v) is 1.04. The first-order valence-corrected chi connectivity index (χ1v) is 1.86. The Morgan fingerprint density at radius 3 is 0.257 bits per heavy atom. The summed E-state index contributed by atoms with van der Waals surface area (Å²) < 4.78 is 0. The van der Waals surface area contributed by atoms with E-state index in [0.29, 0.717) is 0 Å². The number of carbonyl (C=O) groups is 2. The van der Waals surface area contributed by atoms with Crippen LogP contribution in [0.3, 0.4) is 0 Å². The maximum absolute atomic E-state index is 9.00. The summed E-state index contributed by atoms with van der Waals surface area (Å²) in [5, 5.41) is 14.8. The third-order valence-electron chi connectivity index (χ3n) is 0. The molecule has 0 fully saturated rings.